The van der Waals surface area contributed by atoms with E-state index in [2.05, 4.69) is 10.3 Å². The predicted molar refractivity (Wildman–Crippen MR) is 68.1 cm³/mol. The second-order valence-electron chi connectivity index (χ2n) is 3.43. The van der Waals surface area contributed by atoms with Crippen LogP contribution < -0.4 is 11.1 Å². The largest absolute Gasteiger partial charge is 0.399 e. The molecule has 0 spiro atoms. The molecular formula is C12H10ClN3O. The predicted octanol–water partition coefficient (Wildman–Crippen LogP) is 2.57. The molecule has 17 heavy (non-hydrogen) atoms. The van der Waals surface area contributed by atoms with Crippen molar-refractivity contribution in [3.05, 3.63) is 53.3 Å². The van der Waals surface area contributed by atoms with Crippen LogP contribution in [0.3, 0.4) is 0 Å². The van der Waals surface area contributed by atoms with Crippen LogP contribution in [0.25, 0.3) is 0 Å². The molecule has 1 amide bonds. The number of halogens is 1. The number of nitrogens with one attached hydrogen (secondary N) is 1. The van der Waals surface area contributed by atoms with E-state index in [9.17, 15) is 4.79 Å². The van der Waals surface area contributed by atoms with Gasteiger partial charge in [-0.2, -0.15) is 0 Å². The average Bonchev–Trinajstić information content (AvgIpc) is 2.32. The number of carbonyl (C=O) groups excluding carboxylic acids is 1. The summed E-state index contributed by atoms with van der Waals surface area (Å²) in [6.07, 6.45) is 2.95. The van der Waals surface area contributed by atoms with E-state index in [-0.39, 0.29) is 5.91 Å². The molecule has 1 heterocycles. The number of rotatable bonds is 2. The number of pyridine rings is 1. The number of amides is 1. The monoisotopic (exact) mass is 247 g/mol. The van der Waals surface area contributed by atoms with Crippen LogP contribution in [0.2, 0.25) is 5.02 Å². The molecule has 0 radical (unpaired) electrons. The number of hydrogen-bond donors (Lipinski definition) is 2. The van der Waals surface area contributed by atoms with Gasteiger partial charge in [0.15, 0.2) is 0 Å². The third-order valence-corrected chi connectivity index (χ3v) is 2.49. The molecule has 2 rings (SSSR count). The molecule has 0 atom stereocenters. The van der Waals surface area contributed by atoms with Gasteiger partial charge in [-0.3, -0.25) is 9.78 Å². The van der Waals surface area contributed by atoms with E-state index in [1.165, 1.54) is 12.4 Å². The molecule has 5 heteroatoms. The van der Waals surface area contributed by atoms with E-state index in [0.717, 1.165) is 0 Å². The van der Waals surface area contributed by atoms with Crippen molar-refractivity contribution in [2.75, 3.05) is 11.1 Å². The molecule has 3 N–H and O–H groups in total. The SMILES string of the molecule is Nc1ccc(NC(=O)c2ccncc2Cl)cc1. The molecule has 86 valence electrons. The normalized spacial score (nSPS) is 9.94. The Morgan fingerprint density at radius 2 is 1.94 bits per heavy atom. The maximum Gasteiger partial charge on any atom is 0.257 e. The second kappa shape index (κ2) is 4.84. The Balaban J connectivity index is 2.17. The summed E-state index contributed by atoms with van der Waals surface area (Å²) in [6, 6.07) is 8.44. The van der Waals surface area contributed by atoms with Gasteiger partial charge >= 0.3 is 0 Å². The number of nitrogens with zero attached hydrogens (tertiary/aromatic N) is 1. The summed E-state index contributed by atoms with van der Waals surface area (Å²) in [5, 5.41) is 3.04. The number of hydrogen-bond acceptors (Lipinski definition) is 3. The quantitative estimate of drug-likeness (QED) is 0.802. The molecule has 0 saturated heterocycles. The van der Waals surface area contributed by atoms with Crippen LogP contribution in [0.15, 0.2) is 42.7 Å². The third-order valence-electron chi connectivity index (χ3n) is 2.19. The molecule has 1 aromatic heterocycles. The van der Waals surface area contributed by atoms with Crippen molar-refractivity contribution in [2.24, 2.45) is 0 Å². The first-order chi connectivity index (χ1) is 8.16. The van der Waals surface area contributed by atoms with Crippen molar-refractivity contribution >= 4 is 28.9 Å². The zero-order valence-corrected chi connectivity index (χ0v) is 9.61. The fraction of sp³-hybridized carbons (Fsp3) is 0. The average molecular weight is 248 g/mol. The highest BCUT2D eigenvalue weighted by Gasteiger charge is 2.09. The summed E-state index contributed by atoms with van der Waals surface area (Å²) in [5.74, 6) is -0.276. The molecule has 0 bridgehead atoms. The molecule has 0 saturated carbocycles. The second-order valence-corrected chi connectivity index (χ2v) is 3.84. The van der Waals surface area contributed by atoms with Gasteiger partial charge in [0.2, 0.25) is 0 Å². The van der Waals surface area contributed by atoms with E-state index in [1.807, 2.05) is 0 Å². The maximum atomic E-state index is 11.9. The number of nitrogens with two attached hydrogens (primary N) is 1. The Kier molecular flexibility index (Phi) is 3.25. The van der Waals surface area contributed by atoms with Gasteiger partial charge in [-0.25, -0.2) is 0 Å². The first-order valence-electron chi connectivity index (χ1n) is 4.93. The first-order valence-corrected chi connectivity index (χ1v) is 5.31. The minimum absolute atomic E-state index is 0.276. The Labute approximate surface area is 103 Å². The Hall–Kier alpha value is -2.07. The van der Waals surface area contributed by atoms with Gasteiger partial charge in [-0.1, -0.05) is 11.6 Å². The minimum atomic E-state index is -0.276. The molecule has 0 aliphatic heterocycles. The highest BCUT2D eigenvalue weighted by Crippen LogP contribution is 2.16. The lowest BCUT2D eigenvalue weighted by Crippen LogP contribution is -2.12. The van der Waals surface area contributed by atoms with Crippen LogP contribution in [0.1, 0.15) is 10.4 Å². The molecule has 4 nitrogen and oxygen atoms in total. The van der Waals surface area contributed by atoms with Crippen LogP contribution in [0, 0.1) is 0 Å². The van der Waals surface area contributed by atoms with Crippen LogP contribution in [-0.4, -0.2) is 10.9 Å². The van der Waals surface area contributed by atoms with Gasteiger partial charge in [0.1, 0.15) is 0 Å². The Bertz CT molecular complexity index is 540. The lowest BCUT2D eigenvalue weighted by Gasteiger charge is -2.06. The standard InChI is InChI=1S/C12H10ClN3O/c13-11-7-15-6-5-10(11)12(17)16-9-3-1-8(14)2-4-9/h1-7H,14H2,(H,16,17). The van der Waals surface area contributed by atoms with Gasteiger partial charge in [0.25, 0.3) is 5.91 Å². The molecule has 1 aromatic carbocycles. The van der Waals surface area contributed by atoms with Gasteiger partial charge in [-0.15, -0.1) is 0 Å². The lowest BCUT2D eigenvalue weighted by atomic mass is 10.2. The third kappa shape index (κ3) is 2.73. The summed E-state index contributed by atoms with van der Waals surface area (Å²) < 4.78 is 0. The zero-order chi connectivity index (χ0) is 12.3. The van der Waals surface area contributed by atoms with Crippen molar-refractivity contribution in [3.63, 3.8) is 0 Å². The van der Waals surface area contributed by atoms with Crippen LogP contribution in [0.5, 0.6) is 0 Å². The van der Waals surface area contributed by atoms with Crippen LogP contribution >= 0.6 is 11.6 Å². The van der Waals surface area contributed by atoms with Crippen LogP contribution in [-0.2, 0) is 0 Å². The Morgan fingerprint density at radius 1 is 1.24 bits per heavy atom. The molecule has 0 fully saturated rings. The molecular weight excluding hydrogens is 238 g/mol. The molecule has 0 aliphatic carbocycles. The molecule has 0 aliphatic rings. The lowest BCUT2D eigenvalue weighted by molar-refractivity contribution is 0.102. The Morgan fingerprint density at radius 3 is 2.59 bits per heavy atom. The highest BCUT2D eigenvalue weighted by molar-refractivity contribution is 6.34. The van der Waals surface area contributed by atoms with Gasteiger partial charge in [0, 0.05) is 23.8 Å². The van der Waals surface area contributed by atoms with Gasteiger partial charge < -0.3 is 11.1 Å². The van der Waals surface area contributed by atoms with Gasteiger partial charge in [0.05, 0.1) is 10.6 Å². The highest BCUT2D eigenvalue weighted by atomic mass is 35.5. The number of benzene rings is 1. The molecule has 2 aromatic rings. The van der Waals surface area contributed by atoms with Crippen LogP contribution in [0.4, 0.5) is 11.4 Å². The van der Waals surface area contributed by atoms with Gasteiger partial charge in [-0.05, 0) is 30.3 Å². The van der Waals surface area contributed by atoms with Crippen molar-refractivity contribution in [2.45, 2.75) is 0 Å². The minimum Gasteiger partial charge on any atom is -0.399 e. The van der Waals surface area contributed by atoms with Crippen molar-refractivity contribution in [1.82, 2.24) is 4.98 Å². The number of aromatic nitrogens is 1. The summed E-state index contributed by atoms with van der Waals surface area (Å²) >= 11 is 5.87. The zero-order valence-electron chi connectivity index (χ0n) is 8.85. The fourth-order valence-electron chi connectivity index (χ4n) is 1.32. The van der Waals surface area contributed by atoms with E-state index >= 15 is 0 Å². The molecule has 0 unspecified atom stereocenters. The number of carbonyl (C=O) groups is 1. The van der Waals surface area contributed by atoms with Crippen molar-refractivity contribution in [3.8, 4) is 0 Å². The van der Waals surface area contributed by atoms with E-state index < -0.39 is 0 Å². The summed E-state index contributed by atoms with van der Waals surface area (Å²) in [5.41, 5.74) is 7.25. The van der Waals surface area contributed by atoms with E-state index in [4.69, 9.17) is 17.3 Å². The topological polar surface area (TPSA) is 68.0 Å². The number of anilines is 2. The van der Waals surface area contributed by atoms with Crippen molar-refractivity contribution in [1.29, 1.82) is 0 Å². The summed E-state index contributed by atoms with van der Waals surface area (Å²) in [7, 11) is 0. The number of nitrogen functional groups attached to an aromatic ring is 1. The summed E-state index contributed by atoms with van der Waals surface area (Å²) in [4.78, 5) is 15.7. The van der Waals surface area contributed by atoms with Crippen molar-refractivity contribution < 1.29 is 4.79 Å². The van der Waals surface area contributed by atoms with E-state index in [1.54, 1.807) is 30.3 Å². The smallest absolute Gasteiger partial charge is 0.257 e. The van der Waals surface area contributed by atoms with E-state index in [0.29, 0.717) is 22.0 Å². The summed E-state index contributed by atoms with van der Waals surface area (Å²) in [6.45, 7) is 0. The fourth-order valence-corrected chi connectivity index (χ4v) is 1.53. The first kappa shape index (κ1) is 11.4. The maximum absolute atomic E-state index is 11.9.